The molecule has 0 fully saturated rings. The summed E-state index contributed by atoms with van der Waals surface area (Å²) in [5, 5.41) is 8.43. The van der Waals surface area contributed by atoms with Gasteiger partial charge < -0.3 is 10.8 Å². The smallest absolute Gasteiger partial charge is 0.289 e. The summed E-state index contributed by atoms with van der Waals surface area (Å²) >= 11 is 2.87. The zero-order valence-electron chi connectivity index (χ0n) is 7.55. The molecule has 84 valence electrons. The van der Waals surface area contributed by atoms with Gasteiger partial charge >= 0.3 is 0 Å². The van der Waals surface area contributed by atoms with Crippen molar-refractivity contribution in [3.05, 3.63) is 34.1 Å². The van der Waals surface area contributed by atoms with Gasteiger partial charge in [-0.05, 0) is 33.6 Å². The maximum atomic E-state index is 13.0. The molecular formula is C9H9BrF3NO. The van der Waals surface area contributed by atoms with Gasteiger partial charge in [-0.2, -0.15) is 0 Å². The Balaban J connectivity index is 3.02. The van der Waals surface area contributed by atoms with Crippen LogP contribution in [0.3, 0.4) is 0 Å². The summed E-state index contributed by atoms with van der Waals surface area (Å²) in [4.78, 5) is 0. The van der Waals surface area contributed by atoms with E-state index in [4.69, 9.17) is 10.8 Å². The Morgan fingerprint density at radius 2 is 2.07 bits per heavy atom. The molecule has 1 aromatic carbocycles. The molecule has 1 unspecified atom stereocenters. The third-order valence-electron chi connectivity index (χ3n) is 1.97. The number of hydrogen-bond acceptors (Lipinski definition) is 2. The Morgan fingerprint density at radius 3 is 2.53 bits per heavy atom. The van der Waals surface area contributed by atoms with Gasteiger partial charge in [-0.3, -0.25) is 0 Å². The van der Waals surface area contributed by atoms with Crippen LogP contribution in [-0.4, -0.2) is 17.6 Å². The van der Waals surface area contributed by atoms with Crippen molar-refractivity contribution >= 4 is 15.9 Å². The van der Waals surface area contributed by atoms with Crippen LogP contribution in [0.15, 0.2) is 22.7 Å². The Labute approximate surface area is 93.0 Å². The molecule has 0 bridgehead atoms. The molecule has 3 N–H and O–H groups in total. The van der Waals surface area contributed by atoms with Gasteiger partial charge in [-0.15, -0.1) is 0 Å². The van der Waals surface area contributed by atoms with Gasteiger partial charge in [-0.25, -0.2) is 13.2 Å². The van der Waals surface area contributed by atoms with Crippen molar-refractivity contribution < 1.29 is 18.3 Å². The first-order chi connectivity index (χ1) is 6.88. The van der Waals surface area contributed by atoms with Crippen LogP contribution in [0.5, 0.6) is 0 Å². The van der Waals surface area contributed by atoms with E-state index in [1.807, 2.05) is 0 Å². The molecule has 15 heavy (non-hydrogen) atoms. The number of alkyl halides is 2. The molecule has 1 rings (SSSR count). The SMILES string of the molecule is NC(c1ccc(F)c(Br)c1)C(F)(F)CO. The van der Waals surface area contributed by atoms with Gasteiger partial charge in [0.2, 0.25) is 0 Å². The molecule has 0 saturated heterocycles. The van der Waals surface area contributed by atoms with Gasteiger partial charge in [0.15, 0.2) is 0 Å². The van der Waals surface area contributed by atoms with E-state index < -0.39 is 24.4 Å². The maximum absolute atomic E-state index is 13.0. The molecule has 0 radical (unpaired) electrons. The quantitative estimate of drug-likeness (QED) is 0.894. The van der Waals surface area contributed by atoms with Crippen molar-refractivity contribution in [2.75, 3.05) is 6.61 Å². The van der Waals surface area contributed by atoms with Crippen molar-refractivity contribution in [2.45, 2.75) is 12.0 Å². The van der Waals surface area contributed by atoms with Crippen LogP contribution in [0.2, 0.25) is 0 Å². The van der Waals surface area contributed by atoms with Gasteiger partial charge in [0.25, 0.3) is 5.92 Å². The zero-order chi connectivity index (χ0) is 11.6. The third-order valence-corrected chi connectivity index (χ3v) is 2.58. The van der Waals surface area contributed by atoms with E-state index >= 15 is 0 Å². The summed E-state index contributed by atoms with van der Waals surface area (Å²) in [7, 11) is 0. The third kappa shape index (κ3) is 2.70. The van der Waals surface area contributed by atoms with Crippen molar-refractivity contribution in [2.24, 2.45) is 5.73 Å². The predicted molar refractivity (Wildman–Crippen MR) is 53.1 cm³/mol. The van der Waals surface area contributed by atoms with Crippen LogP contribution in [-0.2, 0) is 0 Å². The van der Waals surface area contributed by atoms with Crippen molar-refractivity contribution in [1.29, 1.82) is 0 Å². The standard InChI is InChI=1S/C9H9BrF3NO/c10-6-3-5(1-2-7(6)11)8(14)9(12,13)4-15/h1-3,8,15H,4,14H2. The lowest BCUT2D eigenvalue weighted by Gasteiger charge is -2.21. The fourth-order valence-corrected chi connectivity index (χ4v) is 1.44. The fraction of sp³-hybridized carbons (Fsp3) is 0.333. The average Bonchev–Trinajstić information content (AvgIpc) is 2.21. The second-order valence-corrected chi connectivity index (χ2v) is 3.92. The van der Waals surface area contributed by atoms with E-state index in [9.17, 15) is 13.2 Å². The first-order valence-corrected chi connectivity index (χ1v) is 4.87. The van der Waals surface area contributed by atoms with Crippen LogP contribution in [0, 0.1) is 5.82 Å². The number of halogens is 4. The highest BCUT2D eigenvalue weighted by Gasteiger charge is 2.37. The first kappa shape index (κ1) is 12.5. The molecule has 0 aromatic heterocycles. The van der Waals surface area contributed by atoms with Crippen LogP contribution in [0.4, 0.5) is 13.2 Å². The molecule has 0 aliphatic carbocycles. The maximum Gasteiger partial charge on any atom is 0.289 e. The number of nitrogens with two attached hydrogens (primary N) is 1. The van der Waals surface area contributed by atoms with E-state index in [-0.39, 0.29) is 10.0 Å². The number of benzene rings is 1. The number of rotatable bonds is 3. The van der Waals surface area contributed by atoms with E-state index in [1.54, 1.807) is 0 Å². The molecular weight excluding hydrogens is 275 g/mol. The van der Waals surface area contributed by atoms with Crippen LogP contribution >= 0.6 is 15.9 Å². The minimum atomic E-state index is -3.42. The minimum Gasteiger partial charge on any atom is -0.390 e. The largest absolute Gasteiger partial charge is 0.390 e. The lowest BCUT2D eigenvalue weighted by Crippen LogP contribution is -2.36. The first-order valence-electron chi connectivity index (χ1n) is 4.07. The Bertz CT molecular complexity index is 359. The summed E-state index contributed by atoms with van der Waals surface area (Å²) in [6.07, 6.45) is 0. The lowest BCUT2D eigenvalue weighted by atomic mass is 10.0. The molecule has 0 heterocycles. The van der Waals surface area contributed by atoms with Gasteiger partial charge in [0, 0.05) is 0 Å². The topological polar surface area (TPSA) is 46.2 Å². The molecule has 0 saturated carbocycles. The lowest BCUT2D eigenvalue weighted by molar-refractivity contribution is -0.0712. The number of hydrogen-bond donors (Lipinski definition) is 2. The molecule has 0 amide bonds. The fourth-order valence-electron chi connectivity index (χ4n) is 1.05. The predicted octanol–water partition coefficient (Wildman–Crippen LogP) is 2.22. The highest BCUT2D eigenvalue weighted by Crippen LogP contribution is 2.30. The average molecular weight is 284 g/mol. The second-order valence-electron chi connectivity index (χ2n) is 3.07. The molecule has 6 heteroatoms. The summed E-state index contributed by atoms with van der Waals surface area (Å²) in [6, 6.07) is 1.71. The molecule has 1 aromatic rings. The van der Waals surface area contributed by atoms with Gasteiger partial charge in [-0.1, -0.05) is 6.07 Å². The van der Waals surface area contributed by atoms with Crippen LogP contribution in [0.1, 0.15) is 11.6 Å². The molecule has 1 atom stereocenters. The summed E-state index contributed by atoms with van der Waals surface area (Å²) in [5.41, 5.74) is 5.31. The van der Waals surface area contributed by atoms with E-state index in [0.29, 0.717) is 0 Å². The molecule has 2 nitrogen and oxygen atoms in total. The van der Waals surface area contributed by atoms with E-state index in [0.717, 1.165) is 12.1 Å². The van der Waals surface area contributed by atoms with Crippen molar-refractivity contribution in [1.82, 2.24) is 0 Å². The highest BCUT2D eigenvalue weighted by atomic mass is 79.9. The second kappa shape index (κ2) is 4.51. The number of aliphatic hydroxyl groups is 1. The minimum absolute atomic E-state index is 0.0577. The Kier molecular flexibility index (Phi) is 3.75. The highest BCUT2D eigenvalue weighted by molar-refractivity contribution is 9.10. The van der Waals surface area contributed by atoms with Crippen molar-refractivity contribution in [3.63, 3.8) is 0 Å². The van der Waals surface area contributed by atoms with Crippen molar-refractivity contribution in [3.8, 4) is 0 Å². The summed E-state index contributed by atoms with van der Waals surface area (Å²) in [6.45, 7) is -1.34. The molecule has 0 aliphatic heterocycles. The molecule has 0 spiro atoms. The molecule has 0 aliphatic rings. The van der Waals surface area contributed by atoms with Crippen LogP contribution in [0.25, 0.3) is 0 Å². The Morgan fingerprint density at radius 1 is 1.47 bits per heavy atom. The van der Waals surface area contributed by atoms with E-state index in [2.05, 4.69) is 15.9 Å². The van der Waals surface area contributed by atoms with Gasteiger partial charge in [0.1, 0.15) is 12.4 Å². The zero-order valence-corrected chi connectivity index (χ0v) is 9.14. The van der Waals surface area contributed by atoms with Gasteiger partial charge in [0.05, 0.1) is 10.5 Å². The summed E-state index contributed by atoms with van der Waals surface area (Å²) < 4.78 is 38.8. The Hall–Kier alpha value is -0.590. The van der Waals surface area contributed by atoms with E-state index in [1.165, 1.54) is 6.07 Å². The normalized spacial score (nSPS) is 14.0. The summed E-state index contributed by atoms with van der Waals surface area (Å²) in [5.74, 6) is -3.98. The number of aliphatic hydroxyl groups excluding tert-OH is 1. The van der Waals surface area contributed by atoms with Crippen LogP contribution < -0.4 is 5.73 Å². The monoisotopic (exact) mass is 283 g/mol.